The number of benzene rings is 1. The Balaban J connectivity index is 2.25. The van der Waals surface area contributed by atoms with E-state index < -0.39 is 29.0 Å². The van der Waals surface area contributed by atoms with Gasteiger partial charge in [0.05, 0.1) is 12.0 Å². The van der Waals surface area contributed by atoms with E-state index in [4.69, 9.17) is 4.42 Å². The topological polar surface area (TPSA) is 42.2 Å². The van der Waals surface area contributed by atoms with Gasteiger partial charge in [-0.15, -0.1) is 0 Å². The van der Waals surface area contributed by atoms with E-state index in [0.29, 0.717) is 0 Å². The van der Waals surface area contributed by atoms with Crippen molar-refractivity contribution in [2.45, 2.75) is 0 Å². The minimum absolute atomic E-state index is 0.0610. The van der Waals surface area contributed by atoms with Crippen LogP contribution in [-0.4, -0.2) is 5.91 Å². The predicted octanol–water partition coefficient (Wildman–Crippen LogP) is 2.95. The average Bonchev–Trinajstić information content (AvgIpc) is 2.83. The maximum Gasteiger partial charge on any atom is 0.291 e. The van der Waals surface area contributed by atoms with Gasteiger partial charge in [0.15, 0.2) is 23.2 Å². The SMILES string of the molecule is O=C(Nc1ccc(F)c(F)c1F)c1ccco1. The summed E-state index contributed by atoms with van der Waals surface area (Å²) >= 11 is 0. The molecule has 0 aliphatic rings. The second-order valence-electron chi connectivity index (χ2n) is 3.15. The summed E-state index contributed by atoms with van der Waals surface area (Å²) < 4.78 is 43.4. The molecule has 0 saturated heterocycles. The van der Waals surface area contributed by atoms with Crippen LogP contribution in [-0.2, 0) is 0 Å². The number of hydrogen-bond acceptors (Lipinski definition) is 2. The Bertz CT molecular complexity index is 552. The molecule has 0 unspecified atom stereocenters. The maximum atomic E-state index is 13.2. The van der Waals surface area contributed by atoms with Gasteiger partial charge in [-0.1, -0.05) is 0 Å². The van der Waals surface area contributed by atoms with Gasteiger partial charge in [-0.05, 0) is 24.3 Å². The zero-order valence-electron chi connectivity index (χ0n) is 8.34. The lowest BCUT2D eigenvalue weighted by Gasteiger charge is -2.05. The van der Waals surface area contributed by atoms with E-state index in [0.717, 1.165) is 12.1 Å². The van der Waals surface area contributed by atoms with E-state index in [9.17, 15) is 18.0 Å². The van der Waals surface area contributed by atoms with Gasteiger partial charge in [0.1, 0.15) is 0 Å². The van der Waals surface area contributed by atoms with E-state index in [2.05, 4.69) is 5.32 Å². The summed E-state index contributed by atoms with van der Waals surface area (Å²) in [5, 5.41) is 2.07. The van der Waals surface area contributed by atoms with E-state index >= 15 is 0 Å². The number of nitrogens with one attached hydrogen (secondary N) is 1. The van der Waals surface area contributed by atoms with Gasteiger partial charge < -0.3 is 9.73 Å². The molecule has 3 nitrogen and oxygen atoms in total. The zero-order chi connectivity index (χ0) is 12.4. The van der Waals surface area contributed by atoms with Crippen molar-refractivity contribution >= 4 is 11.6 Å². The van der Waals surface area contributed by atoms with Gasteiger partial charge in [-0.25, -0.2) is 13.2 Å². The fourth-order valence-corrected chi connectivity index (χ4v) is 1.21. The number of halogens is 3. The molecule has 1 N–H and O–H groups in total. The number of rotatable bonds is 2. The van der Waals surface area contributed by atoms with Crippen molar-refractivity contribution in [3.05, 3.63) is 53.7 Å². The third-order valence-corrected chi connectivity index (χ3v) is 2.03. The number of furan rings is 1. The highest BCUT2D eigenvalue weighted by Crippen LogP contribution is 2.20. The molecule has 2 rings (SSSR count). The summed E-state index contributed by atoms with van der Waals surface area (Å²) in [6.45, 7) is 0. The van der Waals surface area contributed by atoms with E-state index in [1.807, 2.05) is 0 Å². The van der Waals surface area contributed by atoms with Crippen LogP contribution in [0.15, 0.2) is 34.9 Å². The molecule has 1 aromatic carbocycles. The van der Waals surface area contributed by atoms with Crippen molar-refractivity contribution in [2.75, 3.05) is 5.32 Å². The second kappa shape index (κ2) is 4.32. The summed E-state index contributed by atoms with van der Waals surface area (Å²) in [5.41, 5.74) is -0.453. The summed E-state index contributed by atoms with van der Waals surface area (Å²) in [4.78, 5) is 11.4. The van der Waals surface area contributed by atoms with Crippen molar-refractivity contribution in [3.63, 3.8) is 0 Å². The monoisotopic (exact) mass is 241 g/mol. The molecule has 0 bridgehead atoms. The minimum atomic E-state index is -1.64. The fraction of sp³-hybridized carbons (Fsp3) is 0. The number of carbonyl (C=O) groups excluding carboxylic acids is 1. The van der Waals surface area contributed by atoms with Crippen molar-refractivity contribution in [1.82, 2.24) is 0 Å². The normalized spacial score (nSPS) is 10.3. The number of amides is 1. The summed E-state index contributed by atoms with van der Waals surface area (Å²) in [6.07, 6.45) is 1.26. The first kappa shape index (κ1) is 11.3. The zero-order valence-corrected chi connectivity index (χ0v) is 8.34. The highest BCUT2D eigenvalue weighted by atomic mass is 19.2. The van der Waals surface area contributed by atoms with Gasteiger partial charge in [-0.2, -0.15) is 0 Å². The molecule has 0 aliphatic heterocycles. The minimum Gasteiger partial charge on any atom is -0.459 e. The molecule has 17 heavy (non-hydrogen) atoms. The van der Waals surface area contributed by atoms with Crippen molar-refractivity contribution in [3.8, 4) is 0 Å². The van der Waals surface area contributed by atoms with E-state index in [1.165, 1.54) is 18.4 Å². The largest absolute Gasteiger partial charge is 0.459 e. The van der Waals surface area contributed by atoms with Gasteiger partial charge in [0, 0.05) is 0 Å². The van der Waals surface area contributed by atoms with Gasteiger partial charge in [-0.3, -0.25) is 4.79 Å². The van der Waals surface area contributed by atoms with Crippen molar-refractivity contribution in [2.24, 2.45) is 0 Å². The Kier molecular flexibility index (Phi) is 2.86. The lowest BCUT2D eigenvalue weighted by atomic mass is 10.2. The second-order valence-corrected chi connectivity index (χ2v) is 3.15. The fourth-order valence-electron chi connectivity index (χ4n) is 1.21. The van der Waals surface area contributed by atoms with Crippen LogP contribution in [0.3, 0.4) is 0 Å². The number of hydrogen-bond donors (Lipinski definition) is 1. The lowest BCUT2D eigenvalue weighted by molar-refractivity contribution is 0.0996. The third kappa shape index (κ3) is 2.15. The van der Waals surface area contributed by atoms with Gasteiger partial charge >= 0.3 is 0 Å². The molecule has 0 fully saturated rings. The smallest absolute Gasteiger partial charge is 0.291 e. The quantitative estimate of drug-likeness (QED) is 0.821. The first-order valence-corrected chi connectivity index (χ1v) is 4.58. The molecule has 0 radical (unpaired) electrons. The molecule has 1 aromatic heterocycles. The molecule has 2 aromatic rings. The van der Waals surface area contributed by atoms with E-state index in [1.54, 1.807) is 0 Å². The molecular weight excluding hydrogens is 235 g/mol. The molecule has 1 amide bonds. The standard InChI is InChI=1S/C11H6F3NO2/c12-6-3-4-7(10(14)9(6)13)15-11(16)8-2-1-5-17-8/h1-5H,(H,15,16). The molecule has 88 valence electrons. The Labute approximate surface area is 93.9 Å². The molecule has 6 heteroatoms. The van der Waals surface area contributed by atoms with Crippen LogP contribution < -0.4 is 5.32 Å². The van der Waals surface area contributed by atoms with Crippen LogP contribution in [0.4, 0.5) is 18.9 Å². The van der Waals surface area contributed by atoms with Crippen LogP contribution >= 0.6 is 0 Å². The summed E-state index contributed by atoms with van der Waals surface area (Å²) in [7, 11) is 0. The molecule has 0 aliphatic carbocycles. The number of carbonyl (C=O) groups is 1. The van der Waals surface area contributed by atoms with Crippen LogP contribution in [0.2, 0.25) is 0 Å². The molecule has 0 atom stereocenters. The Morgan fingerprint density at radius 2 is 1.88 bits per heavy atom. The van der Waals surface area contributed by atoms with Crippen LogP contribution in [0, 0.1) is 17.5 Å². The Hall–Kier alpha value is -2.24. The van der Waals surface area contributed by atoms with Crippen LogP contribution in [0.25, 0.3) is 0 Å². The van der Waals surface area contributed by atoms with Gasteiger partial charge in [0.25, 0.3) is 5.91 Å². The highest BCUT2D eigenvalue weighted by molar-refractivity contribution is 6.02. The summed E-state index contributed by atoms with van der Waals surface area (Å²) in [5.74, 6) is -5.22. The first-order chi connectivity index (χ1) is 8.09. The van der Waals surface area contributed by atoms with Crippen molar-refractivity contribution < 1.29 is 22.4 Å². The molecule has 0 saturated carbocycles. The predicted molar refractivity (Wildman–Crippen MR) is 53.0 cm³/mol. The van der Waals surface area contributed by atoms with Gasteiger partial charge in [0.2, 0.25) is 0 Å². The van der Waals surface area contributed by atoms with Crippen LogP contribution in [0.1, 0.15) is 10.6 Å². The first-order valence-electron chi connectivity index (χ1n) is 4.58. The molecule has 0 spiro atoms. The maximum absolute atomic E-state index is 13.2. The Morgan fingerprint density at radius 1 is 1.12 bits per heavy atom. The summed E-state index contributed by atoms with van der Waals surface area (Å²) in [6, 6.07) is 4.47. The van der Waals surface area contributed by atoms with Crippen molar-refractivity contribution in [1.29, 1.82) is 0 Å². The average molecular weight is 241 g/mol. The lowest BCUT2D eigenvalue weighted by Crippen LogP contribution is -2.13. The third-order valence-electron chi connectivity index (χ3n) is 2.03. The highest BCUT2D eigenvalue weighted by Gasteiger charge is 2.16. The Morgan fingerprint density at radius 3 is 2.53 bits per heavy atom. The van der Waals surface area contributed by atoms with Crippen LogP contribution in [0.5, 0.6) is 0 Å². The molecular formula is C11H6F3NO2. The van der Waals surface area contributed by atoms with E-state index in [-0.39, 0.29) is 5.76 Å². The number of anilines is 1. The molecule has 1 heterocycles.